The van der Waals surface area contributed by atoms with Gasteiger partial charge in [0.15, 0.2) is 5.78 Å². The summed E-state index contributed by atoms with van der Waals surface area (Å²) in [4.78, 5) is 13.1. The Morgan fingerprint density at radius 1 is 1.73 bits per heavy atom. The van der Waals surface area contributed by atoms with Crippen LogP contribution >= 0.6 is 43.2 Å². The molecule has 11 heavy (non-hydrogen) atoms. The largest absolute Gasteiger partial charge is 0.292 e. The van der Waals surface area contributed by atoms with Crippen molar-refractivity contribution in [2.45, 2.75) is 6.92 Å². The highest BCUT2D eigenvalue weighted by molar-refractivity contribution is 9.10. The number of ketones is 1. The lowest BCUT2D eigenvalue weighted by Gasteiger charge is -1.86. The van der Waals surface area contributed by atoms with E-state index < -0.39 is 0 Å². The van der Waals surface area contributed by atoms with E-state index in [2.05, 4.69) is 31.9 Å². The highest BCUT2D eigenvalue weighted by atomic mass is 79.9. The third kappa shape index (κ3) is 2.13. The van der Waals surface area contributed by atoms with Crippen molar-refractivity contribution < 1.29 is 4.79 Å². The van der Waals surface area contributed by atoms with E-state index in [0.717, 1.165) is 14.2 Å². The van der Waals surface area contributed by atoms with Crippen LogP contribution in [0.25, 0.3) is 0 Å². The fraction of sp³-hybridized carbons (Fsp3) is 0.286. The Labute approximate surface area is 86.1 Å². The summed E-state index contributed by atoms with van der Waals surface area (Å²) < 4.78 is 1.02. The summed E-state index contributed by atoms with van der Waals surface area (Å²) in [6, 6.07) is 1.86. The molecule has 1 rings (SSSR count). The van der Waals surface area contributed by atoms with Crippen LogP contribution in [-0.4, -0.2) is 11.1 Å². The van der Waals surface area contributed by atoms with Crippen LogP contribution in [0.15, 0.2) is 10.5 Å². The molecule has 0 saturated heterocycles. The Morgan fingerprint density at radius 2 is 2.36 bits per heavy atom. The number of alkyl halides is 1. The molecule has 1 aromatic rings. The average Bonchev–Trinajstić information content (AvgIpc) is 2.31. The van der Waals surface area contributed by atoms with Crippen LogP contribution in [0, 0.1) is 6.92 Å². The lowest BCUT2D eigenvalue weighted by molar-refractivity contribution is 0.102. The summed E-state index contributed by atoms with van der Waals surface area (Å²) in [6.07, 6.45) is 0. The van der Waals surface area contributed by atoms with Crippen molar-refractivity contribution in [1.29, 1.82) is 0 Å². The van der Waals surface area contributed by atoms with Gasteiger partial charge in [0.05, 0.1) is 10.2 Å². The van der Waals surface area contributed by atoms with Gasteiger partial charge in [-0.2, -0.15) is 0 Å². The van der Waals surface area contributed by atoms with Gasteiger partial charge in [0.1, 0.15) is 0 Å². The van der Waals surface area contributed by atoms with Crippen LogP contribution in [0.2, 0.25) is 0 Å². The number of Topliss-reactive ketones (excluding diaryl/α,β-unsaturated/α-hetero) is 1. The van der Waals surface area contributed by atoms with E-state index in [0.29, 0.717) is 5.33 Å². The van der Waals surface area contributed by atoms with Crippen LogP contribution in [0.5, 0.6) is 0 Å². The van der Waals surface area contributed by atoms with Crippen molar-refractivity contribution in [1.82, 2.24) is 0 Å². The van der Waals surface area contributed by atoms with Gasteiger partial charge in [-0.15, -0.1) is 11.3 Å². The molecule has 0 fully saturated rings. The molecule has 1 nitrogen and oxygen atoms in total. The van der Waals surface area contributed by atoms with Gasteiger partial charge in [0, 0.05) is 9.35 Å². The van der Waals surface area contributed by atoms with Crippen molar-refractivity contribution in [3.63, 3.8) is 0 Å². The number of halogens is 2. The fourth-order valence-electron chi connectivity index (χ4n) is 0.663. The first-order valence-corrected chi connectivity index (χ1v) is 5.73. The smallest absolute Gasteiger partial charge is 0.183 e. The summed E-state index contributed by atoms with van der Waals surface area (Å²) in [5, 5.41) is 0.402. The number of hydrogen-bond donors (Lipinski definition) is 0. The second kappa shape index (κ2) is 3.83. The second-order valence-electron chi connectivity index (χ2n) is 2.07. The van der Waals surface area contributed by atoms with Crippen molar-refractivity contribution in [3.8, 4) is 0 Å². The Hall–Kier alpha value is 0.330. The van der Waals surface area contributed by atoms with Gasteiger partial charge in [-0.1, -0.05) is 15.9 Å². The molecule has 0 amide bonds. The van der Waals surface area contributed by atoms with Gasteiger partial charge < -0.3 is 0 Å². The van der Waals surface area contributed by atoms with Gasteiger partial charge >= 0.3 is 0 Å². The van der Waals surface area contributed by atoms with Crippen LogP contribution in [-0.2, 0) is 0 Å². The quantitative estimate of drug-likeness (QED) is 0.604. The van der Waals surface area contributed by atoms with Gasteiger partial charge in [0.2, 0.25) is 0 Å². The van der Waals surface area contributed by atoms with Crippen LogP contribution in [0.3, 0.4) is 0 Å². The molecule has 0 aromatic carbocycles. The molecule has 0 saturated carbocycles. The van der Waals surface area contributed by atoms with Crippen LogP contribution in [0.4, 0.5) is 0 Å². The number of aryl methyl sites for hydroxylation is 1. The van der Waals surface area contributed by atoms with Crippen molar-refractivity contribution in [2.24, 2.45) is 0 Å². The topological polar surface area (TPSA) is 17.1 Å². The van der Waals surface area contributed by atoms with E-state index in [1.165, 1.54) is 11.3 Å². The monoisotopic (exact) mass is 296 g/mol. The normalized spacial score (nSPS) is 10.1. The molecule has 0 atom stereocenters. The van der Waals surface area contributed by atoms with E-state index >= 15 is 0 Å². The van der Waals surface area contributed by atoms with E-state index in [4.69, 9.17) is 0 Å². The minimum atomic E-state index is 0.142. The van der Waals surface area contributed by atoms with E-state index in [-0.39, 0.29) is 5.78 Å². The molecule has 1 aromatic heterocycles. The molecule has 4 heteroatoms. The third-order valence-electron chi connectivity index (χ3n) is 1.25. The number of carbonyl (C=O) groups is 1. The highest BCUT2D eigenvalue weighted by Gasteiger charge is 2.08. The standard InChI is InChI=1S/C7H6Br2OS/c1-4-5(9)2-7(11-4)6(10)3-8/h2H,3H2,1H3. The highest BCUT2D eigenvalue weighted by Crippen LogP contribution is 2.26. The Kier molecular flexibility index (Phi) is 3.28. The maximum Gasteiger partial charge on any atom is 0.183 e. The summed E-state index contributed by atoms with van der Waals surface area (Å²) in [5.41, 5.74) is 0. The predicted molar refractivity (Wildman–Crippen MR) is 54.9 cm³/mol. The molecule has 0 unspecified atom stereocenters. The molecule has 0 aliphatic rings. The first-order chi connectivity index (χ1) is 5.15. The van der Waals surface area contributed by atoms with Crippen molar-refractivity contribution >= 4 is 49.0 Å². The minimum Gasteiger partial charge on any atom is -0.292 e. The molecule has 0 N–H and O–H groups in total. The number of thiophene rings is 1. The maximum absolute atomic E-state index is 11.1. The average molecular weight is 298 g/mol. The minimum absolute atomic E-state index is 0.142. The molecular weight excluding hydrogens is 292 g/mol. The molecule has 60 valence electrons. The van der Waals surface area contributed by atoms with Crippen molar-refractivity contribution in [3.05, 3.63) is 20.3 Å². The summed E-state index contributed by atoms with van der Waals surface area (Å²) in [7, 11) is 0. The first-order valence-electron chi connectivity index (χ1n) is 3.00. The molecule has 0 aliphatic carbocycles. The van der Waals surface area contributed by atoms with Gasteiger partial charge in [-0.05, 0) is 28.9 Å². The zero-order chi connectivity index (χ0) is 8.43. The second-order valence-corrected chi connectivity index (χ2v) is 4.74. The molecule has 0 bridgehead atoms. The van der Waals surface area contributed by atoms with Crippen molar-refractivity contribution in [2.75, 3.05) is 5.33 Å². The number of hydrogen-bond acceptors (Lipinski definition) is 2. The fourth-order valence-corrected chi connectivity index (χ4v) is 2.62. The van der Waals surface area contributed by atoms with Crippen LogP contribution in [0.1, 0.15) is 14.5 Å². The molecule has 1 heterocycles. The maximum atomic E-state index is 11.1. The summed E-state index contributed by atoms with van der Waals surface area (Å²) in [5.74, 6) is 0.142. The van der Waals surface area contributed by atoms with Gasteiger partial charge in [-0.25, -0.2) is 0 Å². The Balaban J connectivity index is 2.97. The Morgan fingerprint density at radius 3 is 2.73 bits per heavy atom. The molecular formula is C7H6Br2OS. The summed E-state index contributed by atoms with van der Waals surface area (Å²) in [6.45, 7) is 1.99. The lowest BCUT2D eigenvalue weighted by atomic mass is 10.3. The van der Waals surface area contributed by atoms with Gasteiger partial charge in [0.25, 0.3) is 0 Å². The zero-order valence-corrected chi connectivity index (χ0v) is 9.85. The van der Waals surface area contributed by atoms with Gasteiger partial charge in [-0.3, -0.25) is 4.79 Å². The molecule has 0 spiro atoms. The third-order valence-corrected chi connectivity index (χ3v) is 3.94. The number of carbonyl (C=O) groups excluding carboxylic acids is 1. The zero-order valence-electron chi connectivity index (χ0n) is 5.86. The summed E-state index contributed by atoms with van der Waals surface area (Å²) >= 11 is 8.00. The SMILES string of the molecule is Cc1sc(C(=O)CBr)cc1Br. The first kappa shape index (κ1) is 9.42. The predicted octanol–water partition coefficient (Wildman–Crippen LogP) is 3.40. The van der Waals surface area contributed by atoms with E-state index in [1.54, 1.807) is 0 Å². The number of rotatable bonds is 2. The van der Waals surface area contributed by atoms with E-state index in [9.17, 15) is 4.79 Å². The Bertz CT molecular complexity index is 260. The van der Waals surface area contributed by atoms with E-state index in [1.807, 2.05) is 13.0 Å². The van der Waals surface area contributed by atoms with Crippen LogP contribution < -0.4 is 0 Å². The lowest BCUT2D eigenvalue weighted by Crippen LogP contribution is -1.94. The molecule has 0 aliphatic heterocycles. The molecule has 0 radical (unpaired) electrons.